The zero-order valence-corrected chi connectivity index (χ0v) is 11.7. The molecule has 0 bridgehead atoms. The maximum atomic E-state index is 11.9. The van der Waals surface area contributed by atoms with E-state index in [1.54, 1.807) is 0 Å². The van der Waals surface area contributed by atoms with Crippen molar-refractivity contribution >= 4 is 32.7 Å². The van der Waals surface area contributed by atoms with Gasteiger partial charge in [-0.1, -0.05) is 6.07 Å². The van der Waals surface area contributed by atoms with Crippen LogP contribution in [0.5, 0.6) is 0 Å². The first kappa shape index (κ1) is 12.2. The van der Waals surface area contributed by atoms with Crippen LogP contribution < -0.4 is 5.32 Å². The highest BCUT2D eigenvalue weighted by atomic mass is 79.9. The zero-order chi connectivity index (χ0) is 12.6. The summed E-state index contributed by atoms with van der Waals surface area (Å²) in [4.78, 5) is 11.9. The highest BCUT2D eigenvalue weighted by Crippen LogP contribution is 2.26. The van der Waals surface area contributed by atoms with Gasteiger partial charge in [-0.05, 0) is 41.9 Å². The van der Waals surface area contributed by atoms with Crippen molar-refractivity contribution in [1.29, 1.82) is 0 Å². The molecule has 1 N–H and O–H groups in total. The fourth-order valence-corrected chi connectivity index (χ4v) is 2.46. The Hall–Kier alpha value is -1.29. The zero-order valence-electron chi connectivity index (χ0n) is 10.1. The van der Waals surface area contributed by atoms with Crippen LogP contribution in [0.2, 0.25) is 0 Å². The first-order chi connectivity index (χ1) is 7.99. The van der Waals surface area contributed by atoms with E-state index in [1.807, 2.05) is 49.9 Å². The Bertz CT molecular complexity index is 572. The van der Waals surface area contributed by atoms with Gasteiger partial charge in [-0.15, -0.1) is 0 Å². The monoisotopic (exact) mass is 294 g/mol. The number of hydrogen-bond donors (Lipinski definition) is 1. The third-order valence-electron chi connectivity index (χ3n) is 2.62. The van der Waals surface area contributed by atoms with Crippen molar-refractivity contribution in [3.63, 3.8) is 0 Å². The average molecular weight is 295 g/mol. The Morgan fingerprint density at radius 3 is 2.76 bits per heavy atom. The molecule has 1 aromatic heterocycles. The van der Waals surface area contributed by atoms with Crippen LogP contribution in [0.15, 0.2) is 28.9 Å². The number of benzene rings is 1. The Labute approximate surface area is 109 Å². The fraction of sp³-hybridized carbons (Fsp3) is 0.308. The molecule has 0 saturated heterocycles. The van der Waals surface area contributed by atoms with Crippen LogP contribution in [0, 0.1) is 0 Å². The van der Waals surface area contributed by atoms with Gasteiger partial charge < -0.3 is 9.88 Å². The molecule has 0 radical (unpaired) electrons. The topological polar surface area (TPSA) is 34.0 Å². The molecular formula is C13H15BrN2O. The van der Waals surface area contributed by atoms with E-state index in [0.717, 1.165) is 15.4 Å². The summed E-state index contributed by atoms with van der Waals surface area (Å²) in [5.74, 6) is -0.0285. The van der Waals surface area contributed by atoms with E-state index in [1.165, 1.54) is 0 Å². The van der Waals surface area contributed by atoms with Crippen molar-refractivity contribution in [2.24, 2.45) is 7.05 Å². The molecule has 0 saturated carbocycles. The van der Waals surface area contributed by atoms with Gasteiger partial charge in [0.2, 0.25) is 0 Å². The number of halogens is 1. The minimum absolute atomic E-state index is 0.0285. The lowest BCUT2D eigenvalue weighted by Gasteiger charge is -2.08. The molecule has 0 spiro atoms. The molecule has 1 amide bonds. The SMILES string of the molecule is CC(C)NC(=O)c1ccc2c(Br)cn(C)c2c1. The van der Waals surface area contributed by atoms with E-state index in [0.29, 0.717) is 5.56 Å². The number of hydrogen-bond acceptors (Lipinski definition) is 1. The number of carbonyl (C=O) groups excluding carboxylic acids is 1. The third-order valence-corrected chi connectivity index (χ3v) is 3.26. The van der Waals surface area contributed by atoms with Gasteiger partial charge in [-0.2, -0.15) is 0 Å². The molecule has 3 nitrogen and oxygen atoms in total. The first-order valence-corrected chi connectivity index (χ1v) is 6.34. The maximum absolute atomic E-state index is 11.9. The van der Waals surface area contributed by atoms with Crippen molar-refractivity contribution in [2.45, 2.75) is 19.9 Å². The van der Waals surface area contributed by atoms with E-state index >= 15 is 0 Å². The van der Waals surface area contributed by atoms with E-state index in [2.05, 4.69) is 21.2 Å². The number of amides is 1. The number of aromatic nitrogens is 1. The van der Waals surface area contributed by atoms with Crippen molar-refractivity contribution in [3.8, 4) is 0 Å². The number of fused-ring (bicyclic) bond motifs is 1. The van der Waals surface area contributed by atoms with Gasteiger partial charge in [0.1, 0.15) is 0 Å². The van der Waals surface area contributed by atoms with Crippen LogP contribution in [0.1, 0.15) is 24.2 Å². The third kappa shape index (κ3) is 2.36. The minimum Gasteiger partial charge on any atom is -0.350 e. The molecule has 2 rings (SSSR count). The number of rotatable bonds is 2. The number of nitrogens with zero attached hydrogens (tertiary/aromatic N) is 1. The quantitative estimate of drug-likeness (QED) is 0.907. The Morgan fingerprint density at radius 1 is 1.41 bits per heavy atom. The summed E-state index contributed by atoms with van der Waals surface area (Å²) in [6.07, 6.45) is 1.99. The fourth-order valence-electron chi connectivity index (χ4n) is 1.82. The average Bonchev–Trinajstić information content (AvgIpc) is 2.53. The Morgan fingerprint density at radius 2 is 2.12 bits per heavy atom. The standard InChI is InChI=1S/C13H15BrN2O/c1-8(2)15-13(17)9-4-5-10-11(14)7-16(3)12(10)6-9/h4-8H,1-3H3,(H,15,17). The van der Waals surface area contributed by atoms with Crippen LogP contribution in [0.25, 0.3) is 10.9 Å². The van der Waals surface area contributed by atoms with Crippen molar-refractivity contribution in [1.82, 2.24) is 9.88 Å². The molecule has 0 aliphatic carbocycles. The van der Waals surface area contributed by atoms with Crippen LogP contribution in [-0.2, 0) is 7.05 Å². The van der Waals surface area contributed by atoms with Gasteiger partial charge in [-0.3, -0.25) is 4.79 Å². The predicted molar refractivity (Wildman–Crippen MR) is 73.2 cm³/mol. The second-order valence-electron chi connectivity index (χ2n) is 4.45. The van der Waals surface area contributed by atoms with Crippen LogP contribution in [0.4, 0.5) is 0 Å². The van der Waals surface area contributed by atoms with Gasteiger partial charge >= 0.3 is 0 Å². The summed E-state index contributed by atoms with van der Waals surface area (Å²) in [5.41, 5.74) is 1.74. The molecule has 0 aliphatic heterocycles. The molecule has 1 aromatic carbocycles. The normalized spacial score (nSPS) is 11.1. The Balaban J connectivity index is 2.44. The van der Waals surface area contributed by atoms with Crippen LogP contribution in [-0.4, -0.2) is 16.5 Å². The van der Waals surface area contributed by atoms with Crippen molar-refractivity contribution in [3.05, 3.63) is 34.4 Å². The predicted octanol–water partition coefficient (Wildman–Crippen LogP) is 3.08. The molecule has 90 valence electrons. The minimum atomic E-state index is -0.0285. The molecule has 1 heterocycles. The van der Waals surface area contributed by atoms with E-state index in [-0.39, 0.29) is 11.9 Å². The molecule has 2 aromatic rings. The smallest absolute Gasteiger partial charge is 0.251 e. The summed E-state index contributed by atoms with van der Waals surface area (Å²) >= 11 is 3.50. The number of aryl methyl sites for hydroxylation is 1. The summed E-state index contributed by atoms with van der Waals surface area (Å²) in [7, 11) is 1.97. The molecule has 0 unspecified atom stereocenters. The van der Waals surface area contributed by atoms with Crippen LogP contribution in [0.3, 0.4) is 0 Å². The number of nitrogens with one attached hydrogen (secondary N) is 1. The second kappa shape index (κ2) is 4.53. The summed E-state index contributed by atoms with van der Waals surface area (Å²) in [6.45, 7) is 3.91. The molecular weight excluding hydrogens is 280 g/mol. The summed E-state index contributed by atoms with van der Waals surface area (Å²) < 4.78 is 3.05. The van der Waals surface area contributed by atoms with Gasteiger partial charge in [0.05, 0.1) is 0 Å². The highest BCUT2D eigenvalue weighted by Gasteiger charge is 2.10. The summed E-state index contributed by atoms with van der Waals surface area (Å²) in [6, 6.07) is 5.88. The van der Waals surface area contributed by atoms with E-state index in [4.69, 9.17) is 0 Å². The highest BCUT2D eigenvalue weighted by molar-refractivity contribution is 9.10. The van der Waals surface area contributed by atoms with Gasteiger partial charge in [0.15, 0.2) is 0 Å². The molecule has 0 aliphatic rings. The lowest BCUT2D eigenvalue weighted by atomic mass is 10.1. The lowest BCUT2D eigenvalue weighted by molar-refractivity contribution is 0.0943. The van der Waals surface area contributed by atoms with Crippen LogP contribution >= 0.6 is 15.9 Å². The van der Waals surface area contributed by atoms with Gasteiger partial charge in [-0.25, -0.2) is 0 Å². The largest absolute Gasteiger partial charge is 0.350 e. The van der Waals surface area contributed by atoms with Crippen molar-refractivity contribution in [2.75, 3.05) is 0 Å². The van der Waals surface area contributed by atoms with E-state index in [9.17, 15) is 4.79 Å². The number of carbonyl (C=O) groups is 1. The molecule has 0 fully saturated rings. The maximum Gasteiger partial charge on any atom is 0.251 e. The van der Waals surface area contributed by atoms with Gasteiger partial charge in [0, 0.05) is 40.2 Å². The molecule has 0 atom stereocenters. The lowest BCUT2D eigenvalue weighted by Crippen LogP contribution is -2.30. The Kier molecular flexibility index (Phi) is 3.24. The van der Waals surface area contributed by atoms with E-state index < -0.39 is 0 Å². The van der Waals surface area contributed by atoms with Crippen molar-refractivity contribution < 1.29 is 4.79 Å². The molecule has 4 heteroatoms. The summed E-state index contributed by atoms with van der Waals surface area (Å²) in [5, 5.41) is 4.01. The first-order valence-electron chi connectivity index (χ1n) is 5.54. The second-order valence-corrected chi connectivity index (χ2v) is 5.30. The molecule has 17 heavy (non-hydrogen) atoms. The van der Waals surface area contributed by atoms with Gasteiger partial charge in [0.25, 0.3) is 5.91 Å².